The number of ether oxygens (including phenoxy) is 2. The summed E-state index contributed by atoms with van der Waals surface area (Å²) in [5.74, 6) is -0.438. The van der Waals surface area contributed by atoms with Crippen LogP contribution in [0, 0.1) is 5.92 Å². The summed E-state index contributed by atoms with van der Waals surface area (Å²) in [7, 11) is 1.52. The minimum absolute atomic E-state index is 0.159. The molecule has 1 aromatic rings. The predicted octanol–water partition coefficient (Wildman–Crippen LogP) is 2.72. The number of amides is 1. The number of carbonyl (C=O) groups excluding carboxylic acids is 1. The lowest BCUT2D eigenvalue weighted by Crippen LogP contribution is -2.43. The first-order chi connectivity index (χ1) is 11.4. The molecule has 0 saturated carbocycles. The van der Waals surface area contributed by atoms with E-state index in [1.165, 1.54) is 7.11 Å². The Hall–Kier alpha value is -2.50. The van der Waals surface area contributed by atoms with Crippen LogP contribution >= 0.6 is 0 Å². The van der Waals surface area contributed by atoms with Gasteiger partial charge in [0.25, 0.3) is 5.91 Å². The van der Waals surface area contributed by atoms with Crippen molar-refractivity contribution in [2.24, 2.45) is 5.92 Å². The van der Waals surface area contributed by atoms with Crippen LogP contribution in [0.15, 0.2) is 24.3 Å². The van der Waals surface area contributed by atoms with Gasteiger partial charge >= 0.3 is 5.97 Å². The number of carbonyl (C=O) groups is 2. The lowest BCUT2D eigenvalue weighted by molar-refractivity contribution is -0.142. The fourth-order valence-corrected chi connectivity index (χ4v) is 2.17. The molecule has 6 heteroatoms. The monoisotopic (exact) mass is 335 g/mol. The highest BCUT2D eigenvalue weighted by Gasteiger charge is 2.21. The quantitative estimate of drug-likeness (QED) is 0.725. The summed E-state index contributed by atoms with van der Waals surface area (Å²) in [6.45, 7) is 5.43. The van der Waals surface area contributed by atoms with Crippen LogP contribution in [-0.4, -0.2) is 36.7 Å². The van der Waals surface area contributed by atoms with E-state index in [9.17, 15) is 9.59 Å². The van der Waals surface area contributed by atoms with E-state index < -0.39 is 17.9 Å². The molecular weight excluding hydrogens is 310 g/mol. The molecule has 1 amide bonds. The van der Waals surface area contributed by atoms with Gasteiger partial charge in [0.1, 0.15) is 6.04 Å². The summed E-state index contributed by atoms with van der Waals surface area (Å²) in [5.41, 5.74) is 0.953. The summed E-state index contributed by atoms with van der Waals surface area (Å²) in [4.78, 5) is 23.1. The molecule has 1 atom stereocenters. The van der Waals surface area contributed by atoms with E-state index in [1.54, 1.807) is 12.1 Å². The zero-order chi connectivity index (χ0) is 18.1. The number of nitrogens with one attached hydrogen (secondary N) is 1. The molecule has 0 bridgehead atoms. The normalized spacial score (nSPS) is 12.2. The summed E-state index contributed by atoms with van der Waals surface area (Å²) < 4.78 is 10.7. The van der Waals surface area contributed by atoms with E-state index in [-0.39, 0.29) is 12.5 Å². The highest BCUT2D eigenvalue weighted by atomic mass is 16.5. The second-order valence-corrected chi connectivity index (χ2v) is 5.79. The standard InChI is InChI=1S/C18H25NO5/c1-5-6-13-7-8-15(16(10-13)23-4)24-11-17(20)19-14(18(21)22)9-12(2)3/h5-8,10,12,14H,9,11H2,1-4H3,(H,19,20)(H,21,22)/b6-5+. The Kier molecular flexibility index (Phi) is 7.82. The SMILES string of the molecule is C/C=C/c1ccc(OCC(=O)NC(CC(C)C)C(=O)O)c(OC)c1. The number of hydrogen-bond donors (Lipinski definition) is 2. The first-order valence-electron chi connectivity index (χ1n) is 7.83. The maximum atomic E-state index is 11.9. The van der Waals surface area contributed by atoms with Crippen molar-refractivity contribution in [3.05, 3.63) is 29.8 Å². The number of carboxylic acids is 1. The smallest absolute Gasteiger partial charge is 0.326 e. The van der Waals surface area contributed by atoms with Gasteiger partial charge in [-0.15, -0.1) is 0 Å². The van der Waals surface area contributed by atoms with Gasteiger partial charge < -0.3 is 19.9 Å². The maximum absolute atomic E-state index is 11.9. The van der Waals surface area contributed by atoms with Crippen molar-refractivity contribution in [2.45, 2.75) is 33.2 Å². The second kappa shape index (κ2) is 9.60. The Morgan fingerprint density at radius 2 is 2.00 bits per heavy atom. The molecule has 1 unspecified atom stereocenters. The molecule has 0 heterocycles. The van der Waals surface area contributed by atoms with E-state index in [2.05, 4.69) is 5.32 Å². The molecule has 0 aliphatic carbocycles. The van der Waals surface area contributed by atoms with E-state index in [0.717, 1.165) is 5.56 Å². The Morgan fingerprint density at radius 1 is 1.29 bits per heavy atom. The average molecular weight is 335 g/mol. The van der Waals surface area contributed by atoms with Gasteiger partial charge in [0, 0.05) is 0 Å². The summed E-state index contributed by atoms with van der Waals surface area (Å²) in [5, 5.41) is 11.6. The number of allylic oxidation sites excluding steroid dienone is 1. The molecule has 0 aromatic heterocycles. The molecule has 0 spiro atoms. The van der Waals surface area contributed by atoms with Crippen molar-refractivity contribution in [3.8, 4) is 11.5 Å². The molecule has 1 aromatic carbocycles. The van der Waals surface area contributed by atoms with Gasteiger partial charge in [0.2, 0.25) is 0 Å². The van der Waals surface area contributed by atoms with Crippen LogP contribution in [0.4, 0.5) is 0 Å². The highest BCUT2D eigenvalue weighted by Crippen LogP contribution is 2.28. The van der Waals surface area contributed by atoms with Gasteiger partial charge in [-0.25, -0.2) is 4.79 Å². The van der Waals surface area contributed by atoms with Crippen LogP contribution in [-0.2, 0) is 9.59 Å². The number of hydrogen-bond acceptors (Lipinski definition) is 4. The van der Waals surface area contributed by atoms with Crippen molar-refractivity contribution in [1.82, 2.24) is 5.32 Å². The van der Waals surface area contributed by atoms with Crippen LogP contribution in [0.3, 0.4) is 0 Å². The first-order valence-corrected chi connectivity index (χ1v) is 7.83. The van der Waals surface area contributed by atoms with Crippen molar-refractivity contribution in [2.75, 3.05) is 13.7 Å². The van der Waals surface area contributed by atoms with Gasteiger partial charge in [-0.1, -0.05) is 32.1 Å². The fraction of sp³-hybridized carbons (Fsp3) is 0.444. The van der Waals surface area contributed by atoms with E-state index in [1.807, 2.05) is 39.0 Å². The van der Waals surface area contributed by atoms with Crippen molar-refractivity contribution in [3.63, 3.8) is 0 Å². The van der Waals surface area contributed by atoms with Crippen molar-refractivity contribution >= 4 is 18.0 Å². The Labute approximate surface area is 142 Å². The third-order valence-electron chi connectivity index (χ3n) is 3.25. The lowest BCUT2D eigenvalue weighted by Gasteiger charge is -2.17. The van der Waals surface area contributed by atoms with E-state index >= 15 is 0 Å². The third kappa shape index (κ3) is 6.32. The van der Waals surface area contributed by atoms with Gasteiger partial charge in [-0.05, 0) is 37.0 Å². The van der Waals surface area contributed by atoms with E-state index in [0.29, 0.717) is 17.9 Å². The molecule has 0 radical (unpaired) electrons. The van der Waals surface area contributed by atoms with Crippen molar-refractivity contribution in [1.29, 1.82) is 0 Å². The van der Waals surface area contributed by atoms with Crippen LogP contribution in [0.2, 0.25) is 0 Å². The number of carboxylic acid groups (broad SMARTS) is 1. The van der Waals surface area contributed by atoms with Crippen LogP contribution in [0.5, 0.6) is 11.5 Å². The Morgan fingerprint density at radius 3 is 2.54 bits per heavy atom. The fourth-order valence-electron chi connectivity index (χ4n) is 2.17. The maximum Gasteiger partial charge on any atom is 0.326 e. The van der Waals surface area contributed by atoms with E-state index in [4.69, 9.17) is 14.6 Å². The van der Waals surface area contributed by atoms with Crippen LogP contribution in [0.25, 0.3) is 6.08 Å². The molecule has 2 N–H and O–H groups in total. The third-order valence-corrected chi connectivity index (χ3v) is 3.25. The average Bonchev–Trinajstić information content (AvgIpc) is 2.52. The van der Waals surface area contributed by atoms with Gasteiger partial charge in [0.05, 0.1) is 7.11 Å². The van der Waals surface area contributed by atoms with Crippen LogP contribution in [0.1, 0.15) is 32.8 Å². The van der Waals surface area contributed by atoms with Gasteiger partial charge in [-0.2, -0.15) is 0 Å². The Bertz CT molecular complexity index is 595. The molecule has 6 nitrogen and oxygen atoms in total. The number of rotatable bonds is 9. The van der Waals surface area contributed by atoms with Crippen LogP contribution < -0.4 is 14.8 Å². The second-order valence-electron chi connectivity index (χ2n) is 5.79. The zero-order valence-corrected chi connectivity index (χ0v) is 14.5. The summed E-state index contributed by atoms with van der Waals surface area (Å²) >= 11 is 0. The van der Waals surface area contributed by atoms with Gasteiger partial charge in [-0.3, -0.25) is 4.79 Å². The Balaban J connectivity index is 2.67. The first kappa shape index (κ1) is 19.5. The largest absolute Gasteiger partial charge is 0.493 e. The summed E-state index contributed by atoms with van der Waals surface area (Å²) in [6, 6.07) is 4.44. The summed E-state index contributed by atoms with van der Waals surface area (Å²) in [6.07, 6.45) is 4.19. The number of methoxy groups -OCH3 is 1. The number of benzene rings is 1. The molecule has 0 fully saturated rings. The number of aliphatic carboxylic acids is 1. The molecule has 0 saturated heterocycles. The minimum atomic E-state index is -1.05. The van der Waals surface area contributed by atoms with Crippen molar-refractivity contribution < 1.29 is 24.2 Å². The molecule has 24 heavy (non-hydrogen) atoms. The predicted molar refractivity (Wildman–Crippen MR) is 92.2 cm³/mol. The minimum Gasteiger partial charge on any atom is -0.493 e. The highest BCUT2D eigenvalue weighted by molar-refractivity contribution is 5.84. The van der Waals surface area contributed by atoms with Gasteiger partial charge in [0.15, 0.2) is 18.1 Å². The lowest BCUT2D eigenvalue weighted by atomic mass is 10.0. The molecule has 0 aliphatic heterocycles. The zero-order valence-electron chi connectivity index (χ0n) is 14.5. The molecule has 132 valence electrons. The topological polar surface area (TPSA) is 84.9 Å². The molecule has 1 rings (SSSR count). The molecular formula is C18H25NO5. The molecule has 0 aliphatic rings.